The monoisotopic (exact) mass is 322 g/mol. The molecule has 4 heteroatoms. The first-order chi connectivity index (χ1) is 10.7. The van der Waals surface area contributed by atoms with E-state index in [1.165, 1.54) is 6.07 Å². The Labute approximate surface area is 137 Å². The first kappa shape index (κ1) is 17.8. The Balaban J connectivity index is 2.58. The number of hydrogen-bond acceptors (Lipinski definition) is 3. The van der Waals surface area contributed by atoms with Gasteiger partial charge in [0, 0.05) is 11.5 Å². The molecule has 0 saturated heterocycles. The van der Waals surface area contributed by atoms with Gasteiger partial charge < -0.3 is 15.3 Å². The highest BCUT2D eigenvalue weighted by atomic mass is 19.1. The molecular weight excluding hydrogens is 295 g/mol. The van der Waals surface area contributed by atoms with Crippen LogP contribution >= 0.6 is 0 Å². The summed E-state index contributed by atoms with van der Waals surface area (Å²) in [5.74, 6) is -1.85. The minimum absolute atomic E-state index is 0.0995. The fraction of sp³-hybridized carbons (Fsp3) is 0.579. The number of hydrogen-bond donors (Lipinski definition) is 3. The highest BCUT2D eigenvalue weighted by Crippen LogP contribution is 2.48. The first-order valence-corrected chi connectivity index (χ1v) is 8.29. The van der Waals surface area contributed by atoms with Crippen molar-refractivity contribution in [3.63, 3.8) is 0 Å². The van der Waals surface area contributed by atoms with Gasteiger partial charge in [0.1, 0.15) is 5.75 Å². The molecule has 1 aliphatic rings. The predicted molar refractivity (Wildman–Crippen MR) is 89.2 cm³/mol. The average Bonchev–Trinajstić information content (AvgIpc) is 2.43. The van der Waals surface area contributed by atoms with Crippen molar-refractivity contribution in [3.8, 4) is 11.5 Å². The van der Waals surface area contributed by atoms with E-state index in [2.05, 4.69) is 0 Å². The van der Waals surface area contributed by atoms with E-state index >= 15 is 0 Å². The SMILES string of the molecule is CCCc1cc(O)c(C2C=C(C)CCC2C(C)(C)O)c(O)c1F. The molecular formula is C19H27FO3. The molecule has 0 saturated carbocycles. The Hall–Kier alpha value is -1.55. The summed E-state index contributed by atoms with van der Waals surface area (Å²) in [6.07, 6.45) is 4.70. The molecule has 0 heterocycles. The summed E-state index contributed by atoms with van der Waals surface area (Å²) in [6, 6.07) is 1.41. The molecule has 3 N–H and O–H groups in total. The van der Waals surface area contributed by atoms with Crippen LogP contribution in [-0.2, 0) is 6.42 Å². The molecule has 0 fully saturated rings. The first-order valence-electron chi connectivity index (χ1n) is 8.29. The molecule has 0 aromatic heterocycles. The molecule has 3 nitrogen and oxygen atoms in total. The van der Waals surface area contributed by atoms with E-state index in [0.717, 1.165) is 24.8 Å². The highest BCUT2D eigenvalue weighted by molar-refractivity contribution is 5.52. The zero-order chi connectivity index (χ0) is 17.4. The van der Waals surface area contributed by atoms with Gasteiger partial charge in [0.25, 0.3) is 0 Å². The molecule has 0 spiro atoms. The third kappa shape index (κ3) is 3.52. The van der Waals surface area contributed by atoms with Crippen molar-refractivity contribution in [2.24, 2.45) is 5.92 Å². The lowest BCUT2D eigenvalue weighted by molar-refractivity contribution is 0.00414. The molecule has 23 heavy (non-hydrogen) atoms. The number of phenols is 2. The summed E-state index contributed by atoms with van der Waals surface area (Å²) in [6.45, 7) is 7.33. The van der Waals surface area contributed by atoms with E-state index in [0.29, 0.717) is 12.0 Å². The predicted octanol–water partition coefficient (Wildman–Crippen LogP) is 4.40. The molecule has 2 atom stereocenters. The van der Waals surface area contributed by atoms with Gasteiger partial charge in [-0.2, -0.15) is 0 Å². The number of benzene rings is 1. The van der Waals surface area contributed by atoms with Crippen LogP contribution < -0.4 is 0 Å². The van der Waals surface area contributed by atoms with Crippen molar-refractivity contribution in [3.05, 3.63) is 34.7 Å². The molecule has 1 aromatic carbocycles. The maximum absolute atomic E-state index is 14.5. The molecule has 0 aliphatic heterocycles. The van der Waals surface area contributed by atoms with Crippen LogP contribution in [0.15, 0.2) is 17.7 Å². The van der Waals surface area contributed by atoms with Gasteiger partial charge in [-0.3, -0.25) is 0 Å². The number of allylic oxidation sites excluding steroid dienone is 2. The van der Waals surface area contributed by atoms with Crippen LogP contribution in [-0.4, -0.2) is 20.9 Å². The number of rotatable bonds is 4. The molecule has 0 radical (unpaired) electrons. The minimum Gasteiger partial charge on any atom is -0.507 e. The number of phenolic OH excluding ortho intramolecular Hbond substituents is 2. The van der Waals surface area contributed by atoms with Gasteiger partial charge in [-0.05, 0) is 57.6 Å². The summed E-state index contributed by atoms with van der Waals surface area (Å²) >= 11 is 0. The van der Waals surface area contributed by atoms with E-state index in [1.54, 1.807) is 13.8 Å². The quantitative estimate of drug-likeness (QED) is 0.720. The Morgan fingerprint density at radius 3 is 2.52 bits per heavy atom. The number of halogens is 1. The average molecular weight is 322 g/mol. The van der Waals surface area contributed by atoms with E-state index in [4.69, 9.17) is 0 Å². The van der Waals surface area contributed by atoms with Gasteiger partial charge >= 0.3 is 0 Å². The second kappa shape index (κ2) is 6.52. The largest absolute Gasteiger partial charge is 0.507 e. The Kier molecular flexibility index (Phi) is 5.04. The molecule has 2 rings (SSSR count). The van der Waals surface area contributed by atoms with Crippen LogP contribution in [0.5, 0.6) is 11.5 Å². The topological polar surface area (TPSA) is 60.7 Å². The Bertz CT molecular complexity index is 614. The molecule has 1 aromatic rings. The smallest absolute Gasteiger partial charge is 0.168 e. The van der Waals surface area contributed by atoms with Gasteiger partial charge in [0.2, 0.25) is 0 Å². The van der Waals surface area contributed by atoms with E-state index in [-0.39, 0.29) is 17.2 Å². The van der Waals surface area contributed by atoms with Gasteiger partial charge in [-0.25, -0.2) is 4.39 Å². The second-order valence-electron chi connectivity index (χ2n) is 7.22. The van der Waals surface area contributed by atoms with Crippen molar-refractivity contribution < 1.29 is 19.7 Å². The fourth-order valence-corrected chi connectivity index (χ4v) is 3.62. The van der Waals surface area contributed by atoms with Crippen molar-refractivity contribution in [2.75, 3.05) is 0 Å². The lowest BCUT2D eigenvalue weighted by atomic mass is 9.69. The van der Waals surface area contributed by atoms with Crippen LogP contribution in [0.4, 0.5) is 4.39 Å². The highest BCUT2D eigenvalue weighted by Gasteiger charge is 2.38. The van der Waals surface area contributed by atoms with Gasteiger partial charge in [-0.1, -0.05) is 25.0 Å². The second-order valence-corrected chi connectivity index (χ2v) is 7.22. The van der Waals surface area contributed by atoms with Gasteiger partial charge in [-0.15, -0.1) is 0 Å². The van der Waals surface area contributed by atoms with Gasteiger partial charge in [0.15, 0.2) is 11.6 Å². The summed E-state index contributed by atoms with van der Waals surface area (Å²) in [5.41, 5.74) is 0.641. The van der Waals surface area contributed by atoms with Crippen molar-refractivity contribution >= 4 is 0 Å². The van der Waals surface area contributed by atoms with Crippen LogP contribution in [0.3, 0.4) is 0 Å². The van der Waals surface area contributed by atoms with Crippen LogP contribution in [0.1, 0.15) is 64.0 Å². The van der Waals surface area contributed by atoms with Crippen LogP contribution in [0.2, 0.25) is 0 Å². The van der Waals surface area contributed by atoms with Crippen LogP contribution in [0, 0.1) is 11.7 Å². The molecule has 1 aliphatic carbocycles. The Morgan fingerprint density at radius 1 is 1.30 bits per heavy atom. The number of aromatic hydroxyl groups is 2. The third-order valence-corrected chi connectivity index (χ3v) is 4.84. The van der Waals surface area contributed by atoms with E-state index in [1.807, 2.05) is 19.9 Å². The zero-order valence-corrected chi connectivity index (χ0v) is 14.4. The fourth-order valence-electron chi connectivity index (χ4n) is 3.62. The maximum atomic E-state index is 14.5. The summed E-state index contributed by atoms with van der Waals surface area (Å²) < 4.78 is 14.5. The number of aliphatic hydroxyl groups is 1. The van der Waals surface area contributed by atoms with E-state index in [9.17, 15) is 19.7 Å². The summed E-state index contributed by atoms with van der Waals surface area (Å²) in [7, 11) is 0. The summed E-state index contributed by atoms with van der Waals surface area (Å²) in [4.78, 5) is 0. The molecule has 0 bridgehead atoms. The lowest BCUT2D eigenvalue weighted by Gasteiger charge is -2.38. The van der Waals surface area contributed by atoms with E-state index < -0.39 is 23.1 Å². The molecule has 128 valence electrons. The molecule has 0 amide bonds. The third-order valence-electron chi connectivity index (χ3n) is 4.84. The van der Waals surface area contributed by atoms with Gasteiger partial charge in [0.05, 0.1) is 5.60 Å². The zero-order valence-electron chi connectivity index (χ0n) is 14.4. The molecule has 2 unspecified atom stereocenters. The number of aryl methyl sites for hydroxylation is 1. The normalized spacial score (nSPS) is 22.1. The van der Waals surface area contributed by atoms with Crippen molar-refractivity contribution in [2.45, 2.75) is 64.9 Å². The standard InChI is InChI=1S/C19H27FO3/c1-5-6-12-10-15(21)16(18(22)17(12)20)13-9-11(2)7-8-14(13)19(3,4)23/h9-10,13-14,21-23H,5-8H2,1-4H3. The minimum atomic E-state index is -0.987. The maximum Gasteiger partial charge on any atom is 0.168 e. The van der Waals surface area contributed by atoms with Crippen molar-refractivity contribution in [1.29, 1.82) is 0 Å². The Morgan fingerprint density at radius 2 is 1.96 bits per heavy atom. The van der Waals surface area contributed by atoms with Crippen molar-refractivity contribution in [1.82, 2.24) is 0 Å². The van der Waals surface area contributed by atoms with Crippen LogP contribution in [0.25, 0.3) is 0 Å². The lowest BCUT2D eigenvalue weighted by Crippen LogP contribution is -2.36. The summed E-state index contributed by atoms with van der Waals surface area (Å²) in [5, 5.41) is 31.2.